The molecule has 0 bridgehead atoms. The monoisotopic (exact) mass is 410 g/mol. The van der Waals surface area contributed by atoms with Crippen LogP contribution in [0.1, 0.15) is 31.0 Å². The minimum absolute atomic E-state index is 0.306. The first-order valence-electron chi connectivity index (χ1n) is 10.5. The standard InChI is InChI=1S/C22H30N6O2/c1-15(18-5-4-17-6-11-29-20(17)12-18)27-7-9-28(10-8-27)22-25-13-19(14-26-22)30-16(2)21(23)24-3/h4-5,12-16H,6-11H2,1-3H3,(H2,23,24)/t15?,16-/m0/s1. The zero-order valence-corrected chi connectivity index (χ0v) is 17.9. The molecule has 8 heteroatoms. The summed E-state index contributed by atoms with van der Waals surface area (Å²) in [7, 11) is 1.65. The minimum atomic E-state index is -0.306. The number of anilines is 1. The second-order valence-corrected chi connectivity index (χ2v) is 7.79. The molecule has 8 nitrogen and oxygen atoms in total. The molecule has 4 rings (SSSR count). The summed E-state index contributed by atoms with van der Waals surface area (Å²) in [6.07, 6.45) is 4.10. The molecule has 0 spiro atoms. The lowest BCUT2D eigenvalue weighted by Gasteiger charge is -2.38. The number of nitrogens with two attached hydrogens (primary N) is 1. The van der Waals surface area contributed by atoms with Gasteiger partial charge in [-0.25, -0.2) is 9.97 Å². The highest BCUT2D eigenvalue weighted by Gasteiger charge is 2.24. The van der Waals surface area contributed by atoms with Crippen molar-refractivity contribution in [3.05, 3.63) is 41.7 Å². The van der Waals surface area contributed by atoms with Crippen LogP contribution in [0, 0.1) is 0 Å². The molecule has 3 heterocycles. The van der Waals surface area contributed by atoms with Crippen LogP contribution >= 0.6 is 0 Å². The Kier molecular flexibility index (Phi) is 6.03. The number of ether oxygens (including phenoxy) is 2. The molecule has 1 unspecified atom stereocenters. The van der Waals surface area contributed by atoms with Gasteiger partial charge < -0.3 is 20.1 Å². The number of fused-ring (bicyclic) bond motifs is 1. The lowest BCUT2D eigenvalue weighted by molar-refractivity contribution is 0.197. The van der Waals surface area contributed by atoms with Gasteiger partial charge in [0.25, 0.3) is 0 Å². The van der Waals surface area contributed by atoms with E-state index in [1.54, 1.807) is 19.4 Å². The summed E-state index contributed by atoms with van der Waals surface area (Å²) in [6, 6.07) is 7.01. The van der Waals surface area contributed by atoms with Crippen LogP contribution in [0.4, 0.5) is 5.95 Å². The highest BCUT2D eigenvalue weighted by molar-refractivity contribution is 5.84. The molecule has 1 saturated heterocycles. The van der Waals surface area contributed by atoms with E-state index < -0.39 is 0 Å². The summed E-state index contributed by atoms with van der Waals surface area (Å²) in [4.78, 5) is 17.6. The maximum atomic E-state index is 5.78. The van der Waals surface area contributed by atoms with E-state index in [-0.39, 0.29) is 6.10 Å². The van der Waals surface area contributed by atoms with Gasteiger partial charge in [0.1, 0.15) is 11.6 Å². The van der Waals surface area contributed by atoms with Crippen molar-refractivity contribution in [2.24, 2.45) is 10.7 Å². The van der Waals surface area contributed by atoms with Crippen LogP contribution in [0.3, 0.4) is 0 Å². The Labute approximate surface area is 177 Å². The Morgan fingerprint density at radius 1 is 1.17 bits per heavy atom. The fourth-order valence-electron chi connectivity index (χ4n) is 3.94. The molecule has 2 N–H and O–H groups in total. The molecular weight excluding hydrogens is 380 g/mol. The zero-order chi connectivity index (χ0) is 21.1. The number of hydrogen-bond acceptors (Lipinski definition) is 7. The maximum absolute atomic E-state index is 5.78. The van der Waals surface area contributed by atoms with E-state index in [2.05, 4.69) is 49.9 Å². The van der Waals surface area contributed by atoms with Gasteiger partial charge in [0.05, 0.1) is 19.0 Å². The van der Waals surface area contributed by atoms with Crippen LogP contribution < -0.4 is 20.1 Å². The third-order valence-corrected chi connectivity index (χ3v) is 5.95. The Morgan fingerprint density at radius 3 is 2.60 bits per heavy atom. The van der Waals surface area contributed by atoms with Crippen molar-refractivity contribution in [2.75, 3.05) is 44.7 Å². The number of benzene rings is 1. The quantitative estimate of drug-likeness (QED) is 0.576. The summed E-state index contributed by atoms with van der Waals surface area (Å²) in [5.74, 6) is 2.81. The molecule has 0 radical (unpaired) electrons. The number of hydrogen-bond donors (Lipinski definition) is 1. The molecule has 0 aliphatic carbocycles. The van der Waals surface area contributed by atoms with Crippen molar-refractivity contribution in [3.8, 4) is 11.5 Å². The Morgan fingerprint density at radius 2 is 1.90 bits per heavy atom. The summed E-state index contributed by atoms with van der Waals surface area (Å²) >= 11 is 0. The van der Waals surface area contributed by atoms with Gasteiger partial charge >= 0.3 is 0 Å². The molecule has 1 fully saturated rings. The van der Waals surface area contributed by atoms with Crippen molar-refractivity contribution in [2.45, 2.75) is 32.4 Å². The van der Waals surface area contributed by atoms with Crippen molar-refractivity contribution < 1.29 is 9.47 Å². The Balaban J connectivity index is 1.33. The van der Waals surface area contributed by atoms with Gasteiger partial charge in [-0.3, -0.25) is 9.89 Å². The molecule has 2 aliphatic rings. The molecule has 30 heavy (non-hydrogen) atoms. The van der Waals surface area contributed by atoms with E-state index in [9.17, 15) is 0 Å². The predicted octanol–water partition coefficient (Wildman–Crippen LogP) is 2.05. The zero-order valence-electron chi connectivity index (χ0n) is 17.9. The van der Waals surface area contributed by atoms with Gasteiger partial charge in [0, 0.05) is 45.7 Å². The normalized spacial score (nSPS) is 19.2. The molecule has 1 aromatic carbocycles. The van der Waals surface area contributed by atoms with E-state index in [4.69, 9.17) is 15.2 Å². The average Bonchev–Trinajstić information content (AvgIpc) is 3.26. The third kappa shape index (κ3) is 4.33. The number of aliphatic imine (C=N–C) groups is 1. The number of rotatable bonds is 6. The topological polar surface area (TPSA) is 89.1 Å². The first-order chi connectivity index (χ1) is 14.5. The van der Waals surface area contributed by atoms with E-state index in [1.165, 1.54) is 11.1 Å². The van der Waals surface area contributed by atoms with Crippen molar-refractivity contribution in [1.29, 1.82) is 0 Å². The Bertz CT molecular complexity index is 893. The SMILES string of the molecule is CN=C(N)[C@H](C)Oc1cnc(N2CCN(C(C)c3ccc4c(c3)OCC4)CC2)nc1. The smallest absolute Gasteiger partial charge is 0.225 e. The summed E-state index contributed by atoms with van der Waals surface area (Å²) < 4.78 is 11.5. The second-order valence-electron chi connectivity index (χ2n) is 7.79. The Hall–Kier alpha value is -2.87. The highest BCUT2D eigenvalue weighted by atomic mass is 16.5. The molecular formula is C22H30N6O2. The van der Waals surface area contributed by atoms with Gasteiger partial charge in [0.15, 0.2) is 11.9 Å². The molecule has 160 valence electrons. The maximum Gasteiger partial charge on any atom is 0.225 e. The number of nitrogens with zero attached hydrogens (tertiary/aromatic N) is 5. The molecule has 2 aromatic rings. The first-order valence-corrected chi connectivity index (χ1v) is 10.5. The summed E-state index contributed by atoms with van der Waals surface area (Å²) in [5.41, 5.74) is 8.41. The van der Waals surface area contributed by atoms with Crippen molar-refractivity contribution in [3.63, 3.8) is 0 Å². The number of piperazine rings is 1. The molecule has 0 saturated carbocycles. The highest BCUT2D eigenvalue weighted by Crippen LogP contribution is 2.31. The summed E-state index contributed by atoms with van der Waals surface area (Å²) in [6.45, 7) is 8.61. The van der Waals surface area contributed by atoms with Gasteiger partial charge in [-0.15, -0.1) is 0 Å². The van der Waals surface area contributed by atoms with Crippen LogP contribution in [0.25, 0.3) is 0 Å². The lowest BCUT2D eigenvalue weighted by atomic mass is 10.0. The van der Waals surface area contributed by atoms with Gasteiger partial charge in [0.2, 0.25) is 5.95 Å². The van der Waals surface area contributed by atoms with Crippen LogP contribution in [0.5, 0.6) is 11.5 Å². The molecule has 2 aliphatic heterocycles. The van der Waals surface area contributed by atoms with Crippen LogP contribution in [-0.4, -0.2) is 66.6 Å². The van der Waals surface area contributed by atoms with E-state index in [1.807, 2.05) is 6.92 Å². The van der Waals surface area contributed by atoms with Crippen LogP contribution in [-0.2, 0) is 6.42 Å². The second kappa shape index (κ2) is 8.87. The first kappa shape index (κ1) is 20.4. The lowest BCUT2D eigenvalue weighted by Crippen LogP contribution is -2.47. The van der Waals surface area contributed by atoms with Gasteiger partial charge in [-0.2, -0.15) is 0 Å². The van der Waals surface area contributed by atoms with Gasteiger partial charge in [-0.05, 0) is 31.0 Å². The number of amidine groups is 1. The van der Waals surface area contributed by atoms with E-state index >= 15 is 0 Å². The van der Waals surface area contributed by atoms with Gasteiger partial charge in [-0.1, -0.05) is 12.1 Å². The third-order valence-electron chi connectivity index (χ3n) is 5.95. The van der Waals surface area contributed by atoms with Crippen LogP contribution in [0.15, 0.2) is 35.6 Å². The molecule has 2 atom stereocenters. The van der Waals surface area contributed by atoms with Crippen molar-refractivity contribution >= 4 is 11.8 Å². The fourth-order valence-corrected chi connectivity index (χ4v) is 3.94. The predicted molar refractivity (Wildman–Crippen MR) is 118 cm³/mol. The van der Waals surface area contributed by atoms with Crippen molar-refractivity contribution in [1.82, 2.24) is 14.9 Å². The molecule has 1 aromatic heterocycles. The minimum Gasteiger partial charge on any atom is -0.493 e. The molecule has 0 amide bonds. The number of aromatic nitrogens is 2. The summed E-state index contributed by atoms with van der Waals surface area (Å²) in [5, 5.41) is 0. The van der Waals surface area contributed by atoms with E-state index in [0.29, 0.717) is 17.6 Å². The van der Waals surface area contributed by atoms with Crippen LogP contribution in [0.2, 0.25) is 0 Å². The average molecular weight is 411 g/mol. The largest absolute Gasteiger partial charge is 0.493 e. The van der Waals surface area contributed by atoms with E-state index in [0.717, 1.165) is 50.9 Å². The fraction of sp³-hybridized carbons (Fsp3) is 0.500.